The maximum absolute atomic E-state index is 13.0. The van der Waals surface area contributed by atoms with E-state index in [1.165, 1.54) is 4.31 Å². The standard InChI is InChI=1S/C23H30N2O5S/c1-4-20(17-12-13-21(29-2)22(15-17)30-3)24-23(26)18-9-8-14-25(16-18)31(27,28)19-10-6-5-7-11-19/h5-7,10-13,15,18,20H,4,8-9,14,16H2,1-3H3,(H,24,26). The molecule has 2 atom stereocenters. The van der Waals surface area contributed by atoms with Gasteiger partial charge in [-0.2, -0.15) is 4.31 Å². The Bertz CT molecular complexity index is 994. The van der Waals surface area contributed by atoms with Crippen molar-refractivity contribution in [1.82, 2.24) is 9.62 Å². The van der Waals surface area contributed by atoms with Gasteiger partial charge in [0, 0.05) is 13.1 Å². The number of ether oxygens (including phenoxy) is 2. The molecule has 0 aromatic heterocycles. The van der Waals surface area contributed by atoms with Crippen LogP contribution in [0.25, 0.3) is 0 Å². The molecule has 1 saturated heterocycles. The third kappa shape index (κ3) is 5.19. The highest BCUT2D eigenvalue weighted by Gasteiger charge is 2.33. The van der Waals surface area contributed by atoms with E-state index in [1.54, 1.807) is 44.6 Å². The van der Waals surface area contributed by atoms with Crippen molar-refractivity contribution < 1.29 is 22.7 Å². The maximum atomic E-state index is 13.0. The van der Waals surface area contributed by atoms with Crippen molar-refractivity contribution >= 4 is 15.9 Å². The van der Waals surface area contributed by atoms with Crippen molar-refractivity contribution in [2.75, 3.05) is 27.3 Å². The molecule has 8 heteroatoms. The summed E-state index contributed by atoms with van der Waals surface area (Å²) in [5, 5.41) is 3.10. The molecule has 2 unspecified atom stereocenters. The van der Waals surface area contributed by atoms with Crippen LogP contribution in [0.2, 0.25) is 0 Å². The summed E-state index contributed by atoms with van der Waals surface area (Å²) in [7, 11) is -0.456. The van der Waals surface area contributed by atoms with Crippen LogP contribution in [0.4, 0.5) is 0 Å². The normalized spacial score (nSPS) is 18.2. The van der Waals surface area contributed by atoms with E-state index in [2.05, 4.69) is 5.32 Å². The average molecular weight is 447 g/mol. The highest BCUT2D eigenvalue weighted by Crippen LogP contribution is 2.31. The highest BCUT2D eigenvalue weighted by atomic mass is 32.2. The van der Waals surface area contributed by atoms with Gasteiger partial charge in [-0.15, -0.1) is 0 Å². The summed E-state index contributed by atoms with van der Waals surface area (Å²) in [5.74, 6) is 0.711. The van der Waals surface area contributed by atoms with Gasteiger partial charge in [-0.25, -0.2) is 8.42 Å². The Morgan fingerprint density at radius 1 is 1.13 bits per heavy atom. The van der Waals surface area contributed by atoms with E-state index in [0.29, 0.717) is 37.3 Å². The van der Waals surface area contributed by atoms with Crippen LogP contribution >= 0.6 is 0 Å². The number of carbonyl (C=O) groups excluding carboxylic acids is 1. The summed E-state index contributed by atoms with van der Waals surface area (Å²) in [5.41, 5.74) is 0.915. The Labute approximate surface area is 184 Å². The minimum atomic E-state index is -3.61. The van der Waals surface area contributed by atoms with Crippen LogP contribution in [-0.4, -0.2) is 45.9 Å². The molecule has 0 radical (unpaired) electrons. The number of amides is 1. The largest absolute Gasteiger partial charge is 0.493 e. The van der Waals surface area contributed by atoms with E-state index >= 15 is 0 Å². The Balaban J connectivity index is 1.72. The smallest absolute Gasteiger partial charge is 0.243 e. The van der Waals surface area contributed by atoms with Crippen molar-refractivity contribution in [2.45, 2.75) is 37.1 Å². The third-order valence-corrected chi connectivity index (χ3v) is 7.55. The van der Waals surface area contributed by atoms with Gasteiger partial charge >= 0.3 is 0 Å². The van der Waals surface area contributed by atoms with Gasteiger partial charge in [0.05, 0.1) is 31.1 Å². The number of hydrogen-bond acceptors (Lipinski definition) is 5. The number of nitrogens with zero attached hydrogens (tertiary/aromatic N) is 1. The van der Waals surface area contributed by atoms with Gasteiger partial charge in [0.1, 0.15) is 0 Å². The molecule has 1 N–H and O–H groups in total. The average Bonchev–Trinajstić information content (AvgIpc) is 2.82. The third-order valence-electron chi connectivity index (χ3n) is 5.67. The zero-order chi connectivity index (χ0) is 22.4. The lowest BCUT2D eigenvalue weighted by atomic mass is 9.97. The lowest BCUT2D eigenvalue weighted by molar-refractivity contribution is -0.126. The van der Waals surface area contributed by atoms with Crippen LogP contribution < -0.4 is 14.8 Å². The predicted molar refractivity (Wildman–Crippen MR) is 119 cm³/mol. The lowest BCUT2D eigenvalue weighted by Gasteiger charge is -2.32. The molecule has 1 amide bonds. The van der Waals surface area contributed by atoms with Crippen LogP contribution in [-0.2, 0) is 14.8 Å². The van der Waals surface area contributed by atoms with Crippen molar-refractivity contribution in [3.63, 3.8) is 0 Å². The minimum absolute atomic E-state index is 0.130. The molecule has 1 aliphatic heterocycles. The predicted octanol–water partition coefficient (Wildman–Crippen LogP) is 3.37. The second kappa shape index (κ2) is 10.2. The first-order chi connectivity index (χ1) is 14.9. The lowest BCUT2D eigenvalue weighted by Crippen LogP contribution is -2.46. The SMILES string of the molecule is CCC(NC(=O)C1CCCN(S(=O)(=O)c2ccccc2)C1)c1ccc(OC)c(OC)c1. The number of nitrogens with one attached hydrogen (secondary N) is 1. The summed E-state index contributed by atoms with van der Waals surface area (Å²) in [4.78, 5) is 13.3. The van der Waals surface area contributed by atoms with Gasteiger partial charge in [0.2, 0.25) is 15.9 Å². The topological polar surface area (TPSA) is 84.9 Å². The Hall–Kier alpha value is -2.58. The minimum Gasteiger partial charge on any atom is -0.493 e. The molecule has 0 bridgehead atoms. The first-order valence-electron chi connectivity index (χ1n) is 10.5. The van der Waals surface area contributed by atoms with Gasteiger partial charge in [0.25, 0.3) is 0 Å². The Morgan fingerprint density at radius 3 is 2.48 bits per heavy atom. The molecule has 0 spiro atoms. The second-order valence-electron chi connectivity index (χ2n) is 7.60. The maximum Gasteiger partial charge on any atom is 0.243 e. The monoisotopic (exact) mass is 446 g/mol. The Kier molecular flexibility index (Phi) is 7.56. The molecule has 31 heavy (non-hydrogen) atoms. The fourth-order valence-electron chi connectivity index (χ4n) is 3.90. The summed E-state index contributed by atoms with van der Waals surface area (Å²) in [6.07, 6.45) is 2.01. The van der Waals surface area contributed by atoms with Crippen LogP contribution in [0.15, 0.2) is 53.4 Å². The van der Waals surface area contributed by atoms with E-state index in [1.807, 2.05) is 25.1 Å². The first-order valence-corrected chi connectivity index (χ1v) is 11.9. The molecular weight excluding hydrogens is 416 g/mol. The van der Waals surface area contributed by atoms with Crippen molar-refractivity contribution in [3.8, 4) is 11.5 Å². The number of rotatable bonds is 8. The molecule has 1 fully saturated rings. The highest BCUT2D eigenvalue weighted by molar-refractivity contribution is 7.89. The number of piperidine rings is 1. The molecule has 7 nitrogen and oxygen atoms in total. The van der Waals surface area contributed by atoms with Gasteiger partial charge in [-0.1, -0.05) is 31.2 Å². The van der Waals surface area contributed by atoms with Gasteiger partial charge in [-0.05, 0) is 49.1 Å². The molecular formula is C23H30N2O5S. The van der Waals surface area contributed by atoms with E-state index in [0.717, 1.165) is 5.56 Å². The quantitative estimate of drug-likeness (QED) is 0.672. The zero-order valence-electron chi connectivity index (χ0n) is 18.2. The first kappa shape index (κ1) is 23.1. The molecule has 1 heterocycles. The number of carbonyl (C=O) groups is 1. The van der Waals surface area contributed by atoms with Crippen LogP contribution in [0.1, 0.15) is 37.8 Å². The molecule has 168 valence electrons. The van der Waals surface area contributed by atoms with E-state index < -0.39 is 10.0 Å². The molecule has 2 aromatic carbocycles. The summed E-state index contributed by atoms with van der Waals surface area (Å²) in [6, 6.07) is 13.7. The fraction of sp³-hybridized carbons (Fsp3) is 0.435. The number of benzene rings is 2. The fourth-order valence-corrected chi connectivity index (χ4v) is 5.44. The number of hydrogen-bond donors (Lipinski definition) is 1. The van der Waals surface area contributed by atoms with E-state index in [9.17, 15) is 13.2 Å². The van der Waals surface area contributed by atoms with Crippen molar-refractivity contribution in [2.24, 2.45) is 5.92 Å². The second-order valence-corrected chi connectivity index (χ2v) is 9.54. The summed E-state index contributed by atoms with van der Waals surface area (Å²) >= 11 is 0. The van der Waals surface area contributed by atoms with Crippen molar-refractivity contribution in [3.05, 3.63) is 54.1 Å². The Morgan fingerprint density at radius 2 is 1.84 bits per heavy atom. The molecule has 0 saturated carbocycles. The molecule has 3 rings (SSSR count). The molecule has 0 aliphatic carbocycles. The van der Waals surface area contributed by atoms with Crippen LogP contribution in [0, 0.1) is 5.92 Å². The van der Waals surface area contributed by atoms with Gasteiger partial charge in [0.15, 0.2) is 11.5 Å². The molecule has 2 aromatic rings. The zero-order valence-corrected chi connectivity index (χ0v) is 19.0. The molecule has 1 aliphatic rings. The van der Waals surface area contributed by atoms with Crippen molar-refractivity contribution in [1.29, 1.82) is 0 Å². The van der Waals surface area contributed by atoms with Gasteiger partial charge < -0.3 is 14.8 Å². The van der Waals surface area contributed by atoms with E-state index in [-0.39, 0.29) is 29.3 Å². The van der Waals surface area contributed by atoms with Crippen LogP contribution in [0.3, 0.4) is 0 Å². The van der Waals surface area contributed by atoms with Crippen LogP contribution in [0.5, 0.6) is 11.5 Å². The number of methoxy groups -OCH3 is 2. The summed E-state index contributed by atoms with van der Waals surface area (Å²) in [6.45, 7) is 2.61. The number of sulfonamides is 1. The van der Waals surface area contributed by atoms with E-state index in [4.69, 9.17) is 9.47 Å². The summed E-state index contributed by atoms with van der Waals surface area (Å²) < 4.78 is 38.0. The van der Waals surface area contributed by atoms with Gasteiger partial charge in [-0.3, -0.25) is 4.79 Å².